The van der Waals surface area contributed by atoms with Crippen molar-refractivity contribution in [3.05, 3.63) is 50.9 Å². The Bertz CT molecular complexity index is 551. The van der Waals surface area contributed by atoms with E-state index in [2.05, 4.69) is 5.32 Å². The van der Waals surface area contributed by atoms with Crippen LogP contribution >= 0.6 is 34.8 Å². The van der Waals surface area contributed by atoms with E-state index in [0.29, 0.717) is 21.6 Å². The van der Waals surface area contributed by atoms with Crippen molar-refractivity contribution in [1.82, 2.24) is 0 Å². The van der Waals surface area contributed by atoms with Crippen LogP contribution in [0.4, 0.5) is 5.69 Å². The lowest BCUT2D eigenvalue weighted by Gasteiger charge is -2.08. The van der Waals surface area contributed by atoms with Gasteiger partial charge in [0.2, 0.25) is 0 Å². The molecule has 2 aromatic rings. The molecule has 1 aromatic heterocycles. The van der Waals surface area contributed by atoms with Crippen molar-refractivity contribution in [2.45, 2.75) is 19.9 Å². The molecular weight excluding hydrogens is 293 g/mol. The Kier molecular flexibility index (Phi) is 4.44. The molecule has 1 N–H and O–H groups in total. The van der Waals surface area contributed by atoms with Gasteiger partial charge in [0.15, 0.2) is 0 Å². The summed E-state index contributed by atoms with van der Waals surface area (Å²) < 4.78 is 5.58. The number of hydrogen-bond acceptors (Lipinski definition) is 2. The fourth-order valence-electron chi connectivity index (χ4n) is 1.55. The number of benzene rings is 1. The monoisotopic (exact) mass is 303 g/mol. The fraction of sp³-hybridized carbons (Fsp3) is 0.231. The molecule has 5 heteroatoms. The largest absolute Gasteiger partial charge is 0.464 e. The van der Waals surface area contributed by atoms with Gasteiger partial charge in [0.25, 0.3) is 0 Å². The van der Waals surface area contributed by atoms with E-state index in [1.807, 2.05) is 19.1 Å². The van der Waals surface area contributed by atoms with Gasteiger partial charge in [0, 0.05) is 6.42 Å². The highest BCUT2D eigenvalue weighted by atomic mass is 35.5. The van der Waals surface area contributed by atoms with Gasteiger partial charge in [-0.25, -0.2) is 0 Å². The second-order valence-electron chi connectivity index (χ2n) is 3.82. The van der Waals surface area contributed by atoms with Crippen molar-refractivity contribution in [3.63, 3.8) is 0 Å². The minimum Gasteiger partial charge on any atom is -0.464 e. The first-order chi connectivity index (χ1) is 8.60. The summed E-state index contributed by atoms with van der Waals surface area (Å²) in [5.41, 5.74) is 0.737. The molecule has 2 nitrogen and oxygen atoms in total. The number of hydrogen-bond donors (Lipinski definition) is 1. The van der Waals surface area contributed by atoms with Crippen LogP contribution in [-0.4, -0.2) is 0 Å². The first-order valence-electron chi connectivity index (χ1n) is 5.56. The van der Waals surface area contributed by atoms with Crippen LogP contribution in [0.1, 0.15) is 18.4 Å². The van der Waals surface area contributed by atoms with Crippen molar-refractivity contribution < 1.29 is 4.42 Å². The van der Waals surface area contributed by atoms with E-state index in [1.165, 1.54) is 0 Å². The zero-order valence-electron chi connectivity index (χ0n) is 9.77. The van der Waals surface area contributed by atoms with Gasteiger partial charge in [-0.05, 0) is 24.3 Å². The summed E-state index contributed by atoms with van der Waals surface area (Å²) >= 11 is 17.9. The molecular formula is C13H12Cl3NO. The number of aryl methyl sites for hydroxylation is 1. The first-order valence-corrected chi connectivity index (χ1v) is 6.69. The van der Waals surface area contributed by atoms with Gasteiger partial charge in [-0.2, -0.15) is 0 Å². The summed E-state index contributed by atoms with van der Waals surface area (Å²) in [7, 11) is 0. The highest BCUT2D eigenvalue weighted by molar-refractivity contribution is 6.44. The van der Waals surface area contributed by atoms with Gasteiger partial charge in [0.05, 0.1) is 27.3 Å². The molecule has 18 heavy (non-hydrogen) atoms. The van der Waals surface area contributed by atoms with Crippen LogP contribution in [0.3, 0.4) is 0 Å². The molecule has 0 aliphatic heterocycles. The van der Waals surface area contributed by atoms with Crippen LogP contribution in [0.25, 0.3) is 0 Å². The van der Waals surface area contributed by atoms with E-state index in [9.17, 15) is 0 Å². The molecule has 96 valence electrons. The van der Waals surface area contributed by atoms with Gasteiger partial charge < -0.3 is 9.73 Å². The van der Waals surface area contributed by atoms with Crippen LogP contribution in [0.5, 0.6) is 0 Å². The maximum absolute atomic E-state index is 6.06. The molecule has 2 rings (SSSR count). The molecule has 1 aromatic carbocycles. The van der Waals surface area contributed by atoms with E-state index in [0.717, 1.165) is 23.6 Å². The van der Waals surface area contributed by atoms with E-state index < -0.39 is 0 Å². The Balaban J connectivity index is 2.08. The number of nitrogens with one attached hydrogen (secondary N) is 1. The molecule has 0 spiro atoms. The molecule has 0 unspecified atom stereocenters. The maximum atomic E-state index is 6.06. The smallest absolute Gasteiger partial charge is 0.123 e. The molecule has 0 saturated heterocycles. The summed E-state index contributed by atoms with van der Waals surface area (Å²) in [5.74, 6) is 1.82. The van der Waals surface area contributed by atoms with Crippen molar-refractivity contribution in [1.29, 1.82) is 0 Å². The predicted molar refractivity (Wildman–Crippen MR) is 76.9 cm³/mol. The third kappa shape index (κ3) is 3.14. The van der Waals surface area contributed by atoms with Crippen molar-refractivity contribution >= 4 is 40.5 Å². The van der Waals surface area contributed by atoms with Crippen LogP contribution in [0.15, 0.2) is 28.7 Å². The summed E-state index contributed by atoms with van der Waals surface area (Å²) in [5, 5.41) is 4.61. The van der Waals surface area contributed by atoms with Gasteiger partial charge in [0.1, 0.15) is 11.5 Å². The SMILES string of the molecule is CCc1ccc(CNc2cc(Cl)c(Cl)cc2Cl)o1. The van der Waals surface area contributed by atoms with Gasteiger partial charge in [-0.15, -0.1) is 0 Å². The predicted octanol–water partition coefficient (Wildman–Crippen LogP) is 5.41. The summed E-state index contributed by atoms with van der Waals surface area (Å²) in [6, 6.07) is 7.23. The van der Waals surface area contributed by atoms with Crippen LogP contribution in [-0.2, 0) is 13.0 Å². The number of rotatable bonds is 4. The molecule has 0 radical (unpaired) electrons. The fourth-order valence-corrected chi connectivity index (χ4v) is 2.16. The van der Waals surface area contributed by atoms with Crippen LogP contribution in [0, 0.1) is 0 Å². The Morgan fingerprint density at radius 3 is 2.33 bits per heavy atom. The Hall–Kier alpha value is -0.830. The van der Waals surface area contributed by atoms with E-state index in [-0.39, 0.29) is 0 Å². The lowest BCUT2D eigenvalue weighted by molar-refractivity contribution is 0.476. The van der Waals surface area contributed by atoms with Crippen molar-refractivity contribution in [2.75, 3.05) is 5.32 Å². The zero-order chi connectivity index (χ0) is 13.1. The standard InChI is InChI=1S/C13H12Cl3NO/c1-2-8-3-4-9(18-8)7-17-13-6-11(15)10(14)5-12(13)16/h3-6,17H,2,7H2,1H3. The van der Waals surface area contributed by atoms with Gasteiger partial charge in [-0.3, -0.25) is 0 Å². The molecule has 0 aliphatic carbocycles. The quantitative estimate of drug-likeness (QED) is 0.764. The minimum atomic E-state index is 0.443. The average Bonchev–Trinajstić information content (AvgIpc) is 2.80. The minimum absolute atomic E-state index is 0.443. The Morgan fingerprint density at radius 1 is 1.00 bits per heavy atom. The van der Waals surface area contributed by atoms with E-state index in [4.69, 9.17) is 39.2 Å². The zero-order valence-corrected chi connectivity index (χ0v) is 12.0. The number of anilines is 1. The van der Waals surface area contributed by atoms with Gasteiger partial charge >= 0.3 is 0 Å². The third-order valence-electron chi connectivity index (χ3n) is 2.53. The van der Waals surface area contributed by atoms with Crippen LogP contribution < -0.4 is 5.32 Å². The molecule has 0 saturated carbocycles. The molecule has 0 bridgehead atoms. The lowest BCUT2D eigenvalue weighted by Crippen LogP contribution is -1.98. The Labute approximate surface area is 121 Å². The second-order valence-corrected chi connectivity index (χ2v) is 5.04. The third-order valence-corrected chi connectivity index (χ3v) is 3.56. The first kappa shape index (κ1) is 13.6. The van der Waals surface area contributed by atoms with Crippen LogP contribution in [0.2, 0.25) is 15.1 Å². The number of halogens is 3. The summed E-state index contributed by atoms with van der Waals surface area (Å²) in [4.78, 5) is 0. The Morgan fingerprint density at radius 2 is 1.67 bits per heavy atom. The lowest BCUT2D eigenvalue weighted by atomic mass is 10.3. The van der Waals surface area contributed by atoms with E-state index in [1.54, 1.807) is 12.1 Å². The maximum Gasteiger partial charge on any atom is 0.123 e. The summed E-state index contributed by atoms with van der Waals surface area (Å²) in [6.07, 6.45) is 0.882. The molecule has 0 amide bonds. The van der Waals surface area contributed by atoms with E-state index >= 15 is 0 Å². The highest BCUT2D eigenvalue weighted by Crippen LogP contribution is 2.32. The normalized spacial score (nSPS) is 10.7. The molecule has 0 fully saturated rings. The average molecular weight is 305 g/mol. The molecule has 0 aliphatic rings. The second kappa shape index (κ2) is 5.87. The van der Waals surface area contributed by atoms with Crippen molar-refractivity contribution in [3.8, 4) is 0 Å². The molecule has 0 atom stereocenters. The summed E-state index contributed by atoms with van der Waals surface area (Å²) in [6.45, 7) is 2.60. The highest BCUT2D eigenvalue weighted by Gasteiger charge is 2.07. The van der Waals surface area contributed by atoms with Crippen molar-refractivity contribution in [2.24, 2.45) is 0 Å². The topological polar surface area (TPSA) is 25.2 Å². The number of furan rings is 1. The molecule has 1 heterocycles. The van der Waals surface area contributed by atoms with Gasteiger partial charge in [-0.1, -0.05) is 41.7 Å².